The van der Waals surface area contributed by atoms with Crippen molar-refractivity contribution in [3.8, 4) is 5.75 Å². The predicted octanol–water partition coefficient (Wildman–Crippen LogP) is 4.74. The fraction of sp³-hybridized carbons (Fsp3) is 0.500. The van der Waals surface area contributed by atoms with Gasteiger partial charge in [-0.15, -0.1) is 10.2 Å². The molecule has 136 valence electrons. The molecule has 0 fully saturated rings. The van der Waals surface area contributed by atoms with E-state index >= 15 is 0 Å². The van der Waals surface area contributed by atoms with Crippen LogP contribution in [-0.4, -0.2) is 27.5 Å². The summed E-state index contributed by atoms with van der Waals surface area (Å²) in [6.07, 6.45) is -0.620. The van der Waals surface area contributed by atoms with Gasteiger partial charge in [0.2, 0.25) is 5.13 Å². The number of rotatable bonds is 6. The van der Waals surface area contributed by atoms with Crippen molar-refractivity contribution in [2.75, 3.05) is 5.32 Å². The number of benzene rings is 1. The van der Waals surface area contributed by atoms with Crippen LogP contribution in [0.4, 0.5) is 5.13 Å². The molecule has 0 saturated carbocycles. The molecule has 0 spiro atoms. The number of thioether (sulfide) groups is 1. The fourth-order valence-electron chi connectivity index (χ4n) is 2.01. The first kappa shape index (κ1) is 19.7. The number of aromatic nitrogens is 2. The molecule has 1 unspecified atom stereocenters. The Labute approximate surface area is 157 Å². The number of amides is 1. The largest absolute Gasteiger partial charge is 0.481 e. The van der Waals surface area contributed by atoms with Crippen LogP contribution in [0.3, 0.4) is 0 Å². The monoisotopic (exact) mass is 379 g/mol. The highest BCUT2D eigenvalue weighted by Crippen LogP contribution is 2.29. The normalized spacial score (nSPS) is 12.9. The van der Waals surface area contributed by atoms with E-state index in [0.29, 0.717) is 16.1 Å². The van der Waals surface area contributed by atoms with Gasteiger partial charge >= 0.3 is 0 Å². The summed E-state index contributed by atoms with van der Waals surface area (Å²) in [5, 5.41) is 11.7. The molecular formula is C18H25N3O2S2. The zero-order chi connectivity index (χ0) is 18.6. The van der Waals surface area contributed by atoms with Crippen LogP contribution < -0.4 is 10.1 Å². The van der Waals surface area contributed by atoms with Crippen LogP contribution in [0.15, 0.2) is 28.6 Å². The van der Waals surface area contributed by atoms with Crippen LogP contribution >= 0.6 is 23.1 Å². The van der Waals surface area contributed by atoms with E-state index in [-0.39, 0.29) is 11.3 Å². The molecule has 1 aromatic heterocycles. The van der Waals surface area contributed by atoms with Gasteiger partial charge in [-0.25, -0.2) is 0 Å². The van der Waals surface area contributed by atoms with Crippen molar-refractivity contribution in [1.82, 2.24) is 10.2 Å². The molecule has 2 rings (SSSR count). The maximum atomic E-state index is 12.3. The van der Waals surface area contributed by atoms with Gasteiger partial charge in [-0.3, -0.25) is 10.1 Å². The van der Waals surface area contributed by atoms with Gasteiger partial charge in [0.05, 0.1) is 0 Å². The van der Waals surface area contributed by atoms with Gasteiger partial charge in [-0.2, -0.15) is 0 Å². The third-order valence-electron chi connectivity index (χ3n) is 3.38. The van der Waals surface area contributed by atoms with E-state index in [0.717, 1.165) is 4.34 Å². The Kier molecular flexibility index (Phi) is 6.46. The van der Waals surface area contributed by atoms with E-state index < -0.39 is 6.10 Å². The number of anilines is 1. The highest BCUT2D eigenvalue weighted by molar-refractivity contribution is 8.01. The minimum absolute atomic E-state index is 0.0884. The number of carbonyl (C=O) groups is 1. The van der Waals surface area contributed by atoms with E-state index in [4.69, 9.17) is 4.74 Å². The standard InChI is InChI=1S/C18H25N3O2S2/c1-11(2)24-17-21-20-16(25-17)19-15(22)12(3)23-14-9-7-13(8-10-14)18(4,5)6/h7-12H,1-6H3,(H,19,20,22). The van der Waals surface area contributed by atoms with Gasteiger partial charge in [-0.1, -0.05) is 69.9 Å². The van der Waals surface area contributed by atoms with E-state index in [1.165, 1.54) is 16.9 Å². The van der Waals surface area contributed by atoms with E-state index in [9.17, 15) is 4.79 Å². The summed E-state index contributed by atoms with van der Waals surface area (Å²) in [6.45, 7) is 12.4. The second-order valence-electron chi connectivity index (χ2n) is 7.06. The Morgan fingerprint density at radius 1 is 1.16 bits per heavy atom. The van der Waals surface area contributed by atoms with Gasteiger partial charge in [0.15, 0.2) is 10.4 Å². The first-order valence-electron chi connectivity index (χ1n) is 8.23. The smallest absolute Gasteiger partial charge is 0.266 e. The molecule has 25 heavy (non-hydrogen) atoms. The molecule has 5 nitrogen and oxygen atoms in total. The van der Waals surface area contributed by atoms with Crippen molar-refractivity contribution in [1.29, 1.82) is 0 Å². The van der Waals surface area contributed by atoms with Gasteiger partial charge in [0, 0.05) is 5.25 Å². The summed E-state index contributed by atoms with van der Waals surface area (Å²) in [4.78, 5) is 12.3. The minimum Gasteiger partial charge on any atom is -0.481 e. The molecule has 0 saturated heterocycles. The molecule has 1 atom stereocenters. The van der Waals surface area contributed by atoms with E-state index in [2.05, 4.69) is 50.1 Å². The van der Waals surface area contributed by atoms with E-state index in [1.807, 2.05) is 24.3 Å². The van der Waals surface area contributed by atoms with Crippen molar-refractivity contribution < 1.29 is 9.53 Å². The number of nitrogens with zero attached hydrogens (tertiary/aromatic N) is 2. The Hall–Kier alpha value is -1.60. The van der Waals surface area contributed by atoms with Crippen LogP contribution in [0.1, 0.15) is 47.1 Å². The van der Waals surface area contributed by atoms with Crippen LogP contribution in [0.25, 0.3) is 0 Å². The highest BCUT2D eigenvalue weighted by atomic mass is 32.2. The lowest BCUT2D eigenvalue weighted by Gasteiger charge is -2.20. The van der Waals surface area contributed by atoms with Crippen molar-refractivity contribution in [3.63, 3.8) is 0 Å². The lowest BCUT2D eigenvalue weighted by molar-refractivity contribution is -0.122. The quantitative estimate of drug-likeness (QED) is 0.580. The third-order valence-corrected chi connectivity index (χ3v) is 5.30. The Morgan fingerprint density at radius 3 is 2.36 bits per heavy atom. The van der Waals surface area contributed by atoms with Crippen molar-refractivity contribution in [2.45, 2.75) is 62.7 Å². The minimum atomic E-state index is -0.620. The second-order valence-corrected chi connectivity index (χ2v) is 9.86. The van der Waals surface area contributed by atoms with Crippen LogP contribution in [0.5, 0.6) is 5.75 Å². The molecule has 0 aliphatic rings. The summed E-state index contributed by atoms with van der Waals surface area (Å²) in [7, 11) is 0. The fourth-order valence-corrected chi connectivity index (χ4v) is 3.99. The second kappa shape index (κ2) is 8.19. The number of hydrogen-bond donors (Lipinski definition) is 1. The van der Waals surface area contributed by atoms with Gasteiger partial charge < -0.3 is 4.74 Å². The first-order chi connectivity index (χ1) is 11.6. The average molecular weight is 380 g/mol. The van der Waals surface area contributed by atoms with Crippen LogP contribution in [-0.2, 0) is 10.2 Å². The Balaban J connectivity index is 1.92. The molecule has 0 aliphatic carbocycles. The molecule has 1 heterocycles. The zero-order valence-electron chi connectivity index (χ0n) is 15.5. The lowest BCUT2D eigenvalue weighted by Crippen LogP contribution is -2.30. The average Bonchev–Trinajstić information content (AvgIpc) is 2.93. The number of nitrogens with one attached hydrogen (secondary N) is 1. The third kappa shape index (κ3) is 6.01. The maximum absolute atomic E-state index is 12.3. The van der Waals surface area contributed by atoms with Crippen molar-refractivity contribution >= 4 is 34.1 Å². The topological polar surface area (TPSA) is 64.1 Å². The van der Waals surface area contributed by atoms with Crippen molar-refractivity contribution in [3.05, 3.63) is 29.8 Å². The molecule has 1 N–H and O–H groups in total. The summed E-state index contributed by atoms with van der Waals surface area (Å²) < 4.78 is 6.57. The highest BCUT2D eigenvalue weighted by Gasteiger charge is 2.18. The summed E-state index contributed by atoms with van der Waals surface area (Å²) in [5.74, 6) is 0.432. The van der Waals surface area contributed by atoms with Crippen LogP contribution in [0.2, 0.25) is 0 Å². The first-order valence-corrected chi connectivity index (χ1v) is 9.93. The molecule has 0 aliphatic heterocycles. The van der Waals surface area contributed by atoms with Gasteiger partial charge in [-0.05, 0) is 30.0 Å². The molecule has 1 aromatic carbocycles. The van der Waals surface area contributed by atoms with Gasteiger partial charge in [0.25, 0.3) is 5.91 Å². The SMILES string of the molecule is CC(C)Sc1nnc(NC(=O)C(C)Oc2ccc(C(C)(C)C)cc2)s1. The van der Waals surface area contributed by atoms with Gasteiger partial charge in [0.1, 0.15) is 5.75 Å². The molecule has 1 amide bonds. The molecular weight excluding hydrogens is 354 g/mol. The molecule has 0 radical (unpaired) electrons. The van der Waals surface area contributed by atoms with E-state index in [1.54, 1.807) is 18.7 Å². The molecule has 2 aromatic rings. The molecule has 0 bridgehead atoms. The number of hydrogen-bond acceptors (Lipinski definition) is 6. The Morgan fingerprint density at radius 2 is 1.80 bits per heavy atom. The molecule has 7 heteroatoms. The summed E-state index contributed by atoms with van der Waals surface area (Å²) >= 11 is 2.99. The number of carbonyl (C=O) groups excluding carboxylic acids is 1. The predicted molar refractivity (Wildman–Crippen MR) is 105 cm³/mol. The van der Waals surface area contributed by atoms with Crippen molar-refractivity contribution in [2.24, 2.45) is 0 Å². The zero-order valence-corrected chi connectivity index (χ0v) is 17.1. The Bertz CT molecular complexity index is 706. The van der Waals surface area contributed by atoms with Crippen LogP contribution in [0, 0.1) is 0 Å². The number of ether oxygens (including phenoxy) is 1. The summed E-state index contributed by atoms with van der Waals surface area (Å²) in [5.41, 5.74) is 1.31. The maximum Gasteiger partial charge on any atom is 0.266 e. The summed E-state index contributed by atoms with van der Waals surface area (Å²) in [6, 6.07) is 7.85. The lowest BCUT2D eigenvalue weighted by atomic mass is 9.87.